The number of methoxy groups -OCH3 is 1. The predicted molar refractivity (Wildman–Crippen MR) is 270 cm³/mol. The van der Waals surface area contributed by atoms with Gasteiger partial charge >= 0.3 is 24.5 Å². The fraction of sp³-hybridized carbons (Fsp3) is 0.528. The molecule has 4 amide bonds. The summed E-state index contributed by atoms with van der Waals surface area (Å²) in [5, 5.41) is 33.3. The van der Waals surface area contributed by atoms with Gasteiger partial charge in [-0.1, -0.05) is 48.2 Å². The highest BCUT2D eigenvalue weighted by Crippen LogP contribution is 2.42. The van der Waals surface area contributed by atoms with Crippen LogP contribution in [-0.4, -0.2) is 159 Å². The fourth-order valence-corrected chi connectivity index (χ4v) is 9.85. The van der Waals surface area contributed by atoms with Crippen LogP contribution in [-0.2, 0) is 32.0 Å². The van der Waals surface area contributed by atoms with E-state index in [-0.39, 0.29) is 13.0 Å². The van der Waals surface area contributed by atoms with Crippen LogP contribution in [0.5, 0.6) is 0 Å². The number of aromatic nitrogens is 4. The monoisotopic (exact) mass is 1100 g/mol. The average molecular weight is 1100 g/mol. The number of carboxylic acid groups (broad SMARTS) is 1. The first-order chi connectivity index (χ1) is 36.8. The van der Waals surface area contributed by atoms with E-state index in [1.807, 2.05) is 22.3 Å². The molecule has 4 aromatic rings. The van der Waals surface area contributed by atoms with Crippen molar-refractivity contribution in [1.82, 2.24) is 51.0 Å². The number of ether oxygens (including phenoxy) is 2. The number of alkyl carbamates (subject to hydrolysis) is 1. The molecule has 4 aliphatic rings. The molecule has 6 atom stereocenters. The smallest absolute Gasteiger partial charge is 0.407 e. The summed E-state index contributed by atoms with van der Waals surface area (Å²) >= 11 is 0. The van der Waals surface area contributed by atoms with E-state index in [0.29, 0.717) is 91.3 Å². The van der Waals surface area contributed by atoms with Gasteiger partial charge in [0.15, 0.2) is 0 Å². The van der Waals surface area contributed by atoms with Gasteiger partial charge in [0.2, 0.25) is 11.9 Å². The minimum atomic E-state index is -5.11. The van der Waals surface area contributed by atoms with E-state index in [2.05, 4.69) is 52.2 Å². The first kappa shape index (κ1) is 57.2. The highest BCUT2D eigenvalue weighted by atomic mass is 19.4. The molecule has 78 heavy (non-hydrogen) atoms. The van der Waals surface area contributed by atoms with Gasteiger partial charge < -0.3 is 40.5 Å². The zero-order chi connectivity index (χ0) is 56.3. The Bertz CT molecular complexity index is 2820. The Balaban J connectivity index is 1.04. The van der Waals surface area contributed by atoms with Crippen LogP contribution in [0.25, 0.3) is 11.3 Å². The second kappa shape index (κ2) is 23.1. The van der Waals surface area contributed by atoms with E-state index in [1.165, 1.54) is 0 Å². The number of nitrogens with one attached hydrogen (secondary N) is 4. The Kier molecular flexibility index (Phi) is 17.0. The van der Waals surface area contributed by atoms with Crippen molar-refractivity contribution in [3.63, 3.8) is 0 Å². The minimum absolute atomic E-state index is 0.300. The Morgan fingerprint density at radius 3 is 1.86 bits per heavy atom. The van der Waals surface area contributed by atoms with Gasteiger partial charge in [-0.05, 0) is 89.1 Å². The summed E-state index contributed by atoms with van der Waals surface area (Å²) in [6.45, 7) is 4.72. The van der Waals surface area contributed by atoms with Crippen LogP contribution in [0.3, 0.4) is 0 Å². The van der Waals surface area contributed by atoms with E-state index >= 15 is 0 Å². The zero-order valence-corrected chi connectivity index (χ0v) is 43.6. The summed E-state index contributed by atoms with van der Waals surface area (Å²) in [6.07, 6.45) is -6.29. The van der Waals surface area contributed by atoms with Gasteiger partial charge in [0.25, 0.3) is 5.91 Å². The van der Waals surface area contributed by atoms with Crippen molar-refractivity contribution in [3.8, 4) is 23.1 Å². The summed E-state index contributed by atoms with van der Waals surface area (Å²) in [6, 6.07) is 10.3. The Hall–Kier alpha value is -7.01. The summed E-state index contributed by atoms with van der Waals surface area (Å²) in [5.41, 5.74) is -0.317. The molecular formula is C53H63F6N11O8. The van der Waals surface area contributed by atoms with Crippen molar-refractivity contribution >= 4 is 29.9 Å². The number of aliphatic hydroxyl groups excluding tert-OH is 1. The van der Waals surface area contributed by atoms with E-state index < -0.39 is 78.0 Å². The van der Waals surface area contributed by atoms with E-state index in [9.17, 15) is 55.7 Å². The maximum Gasteiger partial charge on any atom is 0.407 e. The molecular weight excluding hydrogens is 1030 g/mol. The van der Waals surface area contributed by atoms with Gasteiger partial charge in [0.05, 0.1) is 66.6 Å². The molecule has 0 spiro atoms. The molecule has 19 nitrogen and oxygen atoms in total. The molecule has 5 heterocycles. The first-order valence-electron chi connectivity index (χ1n) is 25.5. The summed E-state index contributed by atoms with van der Waals surface area (Å²) in [7, 11) is 0.888. The van der Waals surface area contributed by atoms with Crippen LogP contribution in [0.1, 0.15) is 81.7 Å². The predicted octanol–water partition coefficient (Wildman–Crippen LogP) is 5.59. The molecule has 6 unspecified atom stereocenters. The van der Waals surface area contributed by atoms with Crippen LogP contribution in [0, 0.1) is 22.7 Å². The van der Waals surface area contributed by atoms with Gasteiger partial charge in [-0.25, -0.2) is 24.6 Å². The van der Waals surface area contributed by atoms with Crippen molar-refractivity contribution in [1.29, 1.82) is 0 Å². The molecule has 25 heteroatoms. The number of rotatable bonds is 19. The van der Waals surface area contributed by atoms with Gasteiger partial charge in [0.1, 0.15) is 12.1 Å². The zero-order valence-electron chi connectivity index (χ0n) is 43.6. The Morgan fingerprint density at radius 2 is 1.32 bits per heavy atom. The number of aliphatic hydroxyl groups is 1. The number of nitrogens with zero attached hydrogens (tertiary/aromatic N) is 7. The lowest BCUT2D eigenvalue weighted by molar-refractivity contribution is -0.221. The van der Waals surface area contributed by atoms with Gasteiger partial charge in [-0.3, -0.25) is 24.6 Å². The van der Waals surface area contributed by atoms with E-state index in [0.717, 1.165) is 64.1 Å². The topological polar surface area (TPSA) is 229 Å². The molecule has 1 saturated carbocycles. The summed E-state index contributed by atoms with van der Waals surface area (Å²) in [5.74, 6) is 3.83. The molecule has 2 aromatic carbocycles. The van der Waals surface area contributed by atoms with E-state index in [4.69, 9.17) is 4.74 Å². The molecule has 6 N–H and O–H groups in total. The normalized spacial score (nSPS) is 19.6. The van der Waals surface area contributed by atoms with Crippen molar-refractivity contribution < 1.29 is 65.2 Å². The van der Waals surface area contributed by atoms with Crippen molar-refractivity contribution in [2.24, 2.45) is 10.8 Å². The Morgan fingerprint density at radius 1 is 0.756 bits per heavy atom. The van der Waals surface area contributed by atoms with Crippen LogP contribution in [0.15, 0.2) is 73.2 Å². The quantitative estimate of drug-likeness (QED) is 0.0383. The maximum atomic E-state index is 14.6. The van der Waals surface area contributed by atoms with Crippen LogP contribution < -0.4 is 26.3 Å². The second-order valence-corrected chi connectivity index (χ2v) is 21.4. The highest BCUT2D eigenvalue weighted by molar-refractivity contribution is 5.87. The number of amides is 4. The largest absolute Gasteiger partial charge is 0.465 e. The number of piperazine rings is 1. The van der Waals surface area contributed by atoms with Crippen LogP contribution >= 0.6 is 0 Å². The lowest BCUT2D eigenvalue weighted by atomic mass is 9.82. The molecule has 3 saturated heterocycles. The second-order valence-electron chi connectivity index (χ2n) is 21.4. The number of hydrazine groups is 1. The standard InChI is InChI=1S/C53H63F6N11O8/c1-50(2,52(54,55)56)43(64-49(76)77-5)45(72)62-41(22-32-9-6-31(7-10-32)8-11-34-23-60-47(61-24-34)67-26-37-18-19-38(27-67)70(37)39-29-78-30-39)42(71)28-68(66-46(73)44(63-48(74)75)51(3,4)53(57,58)59)25-33-12-14-35(15-13-33)40-20-21-69(65-40)36-16-17-36/h6-7,9-10,12-15,20-21,23-24,36-39,41-44,63,71H,16-19,22,25-30H2,1-5H3,(H,62,72)(H,64,76)(H,66,73)(H,74,75). The average Bonchev–Trinajstić information content (AvgIpc) is 4.07. The lowest BCUT2D eigenvalue weighted by Crippen LogP contribution is -2.63. The molecule has 4 fully saturated rings. The first-order valence-corrected chi connectivity index (χ1v) is 25.5. The van der Waals surface area contributed by atoms with Crippen molar-refractivity contribution in [2.75, 3.05) is 44.9 Å². The number of hydrogen-bond acceptors (Lipinski definition) is 13. The molecule has 3 aliphatic heterocycles. The number of alkyl halides is 6. The molecule has 420 valence electrons. The van der Waals surface area contributed by atoms with Gasteiger partial charge in [0, 0.05) is 68.0 Å². The number of carbonyl (C=O) groups excluding carboxylic acids is 3. The number of hydrogen-bond donors (Lipinski definition) is 6. The van der Waals surface area contributed by atoms with Gasteiger partial charge in [-0.2, -0.15) is 31.4 Å². The molecule has 0 radical (unpaired) electrons. The highest BCUT2D eigenvalue weighted by Gasteiger charge is 2.57. The third-order valence-corrected chi connectivity index (χ3v) is 15.0. The third-order valence-electron chi connectivity index (χ3n) is 15.0. The van der Waals surface area contributed by atoms with Gasteiger partial charge in [-0.15, -0.1) is 0 Å². The summed E-state index contributed by atoms with van der Waals surface area (Å²) in [4.78, 5) is 66.3. The van der Waals surface area contributed by atoms with E-state index in [1.54, 1.807) is 66.2 Å². The fourth-order valence-electron chi connectivity index (χ4n) is 9.85. The SMILES string of the molecule is COC(=O)NC(C(=O)NC(Cc1ccc(C#Cc2cnc(N3CC4CCC(C3)N4C3COC3)nc2)cc1)C(O)CN(Cc1ccc(-c2ccn(C3CC3)n2)cc1)NC(=O)C(NC(=O)O)C(C)(C)C(F)(F)F)C(C)(C)C(F)(F)F. The van der Waals surface area contributed by atoms with Crippen molar-refractivity contribution in [3.05, 3.63) is 95.4 Å². The van der Waals surface area contributed by atoms with Crippen molar-refractivity contribution in [2.45, 2.75) is 127 Å². The molecule has 8 rings (SSSR count). The number of halogens is 6. The van der Waals surface area contributed by atoms with Crippen LogP contribution in [0.2, 0.25) is 0 Å². The maximum absolute atomic E-state index is 14.6. The third kappa shape index (κ3) is 13.3. The van der Waals surface area contributed by atoms with Crippen LogP contribution in [0.4, 0.5) is 41.9 Å². The number of anilines is 1. The number of benzene rings is 2. The molecule has 2 bridgehead atoms. The summed E-state index contributed by atoms with van der Waals surface area (Å²) < 4.78 is 98.8. The molecule has 1 aliphatic carbocycles. The number of carbonyl (C=O) groups is 4. The molecule has 2 aromatic heterocycles. The minimum Gasteiger partial charge on any atom is -0.465 e. The lowest BCUT2D eigenvalue weighted by Gasteiger charge is -2.47. The number of fused-ring (bicyclic) bond motifs is 2. The Labute approximate surface area is 446 Å².